The van der Waals surface area contributed by atoms with E-state index in [0.717, 1.165) is 51.0 Å². The van der Waals surface area contributed by atoms with E-state index in [1.807, 2.05) is 6.07 Å². The maximum atomic E-state index is 13.0. The van der Waals surface area contributed by atoms with Gasteiger partial charge >= 0.3 is 0 Å². The summed E-state index contributed by atoms with van der Waals surface area (Å²) in [6, 6.07) is 1.87. The van der Waals surface area contributed by atoms with E-state index >= 15 is 0 Å². The smallest absolute Gasteiger partial charge is 0.282 e. The minimum absolute atomic E-state index is 0.301. The SMILES string of the molecule is O=S(=O)(N1CCCCC1)N1CCCN(c2nccc(N3CCC(O)C3)n2)CC1. The molecule has 3 fully saturated rings. The zero-order chi connectivity index (χ0) is 19.6. The highest BCUT2D eigenvalue weighted by Crippen LogP contribution is 2.22. The molecule has 0 bridgehead atoms. The quantitative estimate of drug-likeness (QED) is 0.763. The van der Waals surface area contributed by atoms with Crippen LogP contribution in [0.1, 0.15) is 32.1 Å². The van der Waals surface area contributed by atoms with E-state index in [1.54, 1.807) is 14.8 Å². The third-order valence-electron chi connectivity index (χ3n) is 5.82. The van der Waals surface area contributed by atoms with Gasteiger partial charge < -0.3 is 14.9 Å². The maximum Gasteiger partial charge on any atom is 0.282 e. The lowest BCUT2D eigenvalue weighted by Crippen LogP contribution is -2.47. The van der Waals surface area contributed by atoms with Gasteiger partial charge in [0.15, 0.2) is 0 Å². The third kappa shape index (κ3) is 4.24. The molecule has 3 aliphatic heterocycles. The fourth-order valence-corrected chi connectivity index (χ4v) is 5.92. The van der Waals surface area contributed by atoms with Gasteiger partial charge in [-0.15, -0.1) is 0 Å². The zero-order valence-electron chi connectivity index (χ0n) is 16.3. The van der Waals surface area contributed by atoms with Crippen LogP contribution in [0.3, 0.4) is 0 Å². The fourth-order valence-electron chi connectivity index (χ4n) is 4.20. The molecule has 4 heterocycles. The summed E-state index contributed by atoms with van der Waals surface area (Å²) in [4.78, 5) is 13.2. The maximum absolute atomic E-state index is 13.0. The van der Waals surface area contributed by atoms with E-state index in [-0.39, 0.29) is 6.10 Å². The summed E-state index contributed by atoms with van der Waals surface area (Å²) in [7, 11) is -3.38. The molecule has 9 nitrogen and oxygen atoms in total. The van der Waals surface area contributed by atoms with Crippen molar-refractivity contribution in [3.8, 4) is 0 Å². The molecule has 0 radical (unpaired) electrons. The van der Waals surface area contributed by atoms with Gasteiger partial charge in [-0.25, -0.2) is 4.98 Å². The Kier molecular flexibility index (Phi) is 6.00. The Hall–Kier alpha value is -1.49. The molecule has 10 heteroatoms. The van der Waals surface area contributed by atoms with Crippen molar-refractivity contribution in [1.29, 1.82) is 0 Å². The van der Waals surface area contributed by atoms with Crippen molar-refractivity contribution in [3.05, 3.63) is 12.3 Å². The first-order valence-electron chi connectivity index (χ1n) is 10.3. The lowest BCUT2D eigenvalue weighted by atomic mass is 10.2. The van der Waals surface area contributed by atoms with Gasteiger partial charge in [0.25, 0.3) is 10.2 Å². The van der Waals surface area contributed by atoms with Crippen LogP contribution in [0.2, 0.25) is 0 Å². The molecule has 1 atom stereocenters. The predicted octanol–water partition coefficient (Wildman–Crippen LogP) is 0.290. The number of hydrogen-bond donors (Lipinski definition) is 1. The molecule has 1 unspecified atom stereocenters. The Labute approximate surface area is 167 Å². The molecule has 28 heavy (non-hydrogen) atoms. The monoisotopic (exact) mass is 410 g/mol. The van der Waals surface area contributed by atoms with Gasteiger partial charge in [0.05, 0.1) is 6.10 Å². The Bertz CT molecular complexity index is 770. The average molecular weight is 411 g/mol. The van der Waals surface area contributed by atoms with Crippen molar-refractivity contribution in [2.24, 2.45) is 0 Å². The molecular weight excluding hydrogens is 380 g/mol. The summed E-state index contributed by atoms with van der Waals surface area (Å²) in [6.45, 7) is 4.96. The van der Waals surface area contributed by atoms with Gasteiger partial charge in [-0.1, -0.05) is 6.42 Å². The predicted molar refractivity (Wildman–Crippen MR) is 108 cm³/mol. The second kappa shape index (κ2) is 8.48. The minimum atomic E-state index is -3.38. The molecule has 3 saturated heterocycles. The van der Waals surface area contributed by atoms with Crippen molar-refractivity contribution in [2.75, 3.05) is 62.2 Å². The molecule has 1 aromatic rings. The van der Waals surface area contributed by atoms with Crippen molar-refractivity contribution in [1.82, 2.24) is 18.6 Å². The highest BCUT2D eigenvalue weighted by Gasteiger charge is 2.32. The molecule has 0 spiro atoms. The number of anilines is 2. The van der Waals surface area contributed by atoms with E-state index in [1.165, 1.54) is 0 Å². The topological polar surface area (TPSA) is 93.1 Å². The molecule has 0 saturated carbocycles. The summed E-state index contributed by atoms with van der Waals surface area (Å²) in [5.41, 5.74) is 0. The highest BCUT2D eigenvalue weighted by molar-refractivity contribution is 7.86. The summed E-state index contributed by atoms with van der Waals surface area (Å²) in [6.07, 6.45) is 5.97. The first-order chi connectivity index (χ1) is 13.5. The molecule has 0 amide bonds. The van der Waals surface area contributed by atoms with Crippen molar-refractivity contribution in [2.45, 2.75) is 38.2 Å². The van der Waals surface area contributed by atoms with Gasteiger partial charge in [-0.3, -0.25) is 0 Å². The van der Waals surface area contributed by atoms with Crippen LogP contribution in [0.5, 0.6) is 0 Å². The molecular formula is C18H30N6O3S. The van der Waals surface area contributed by atoms with E-state index in [0.29, 0.717) is 45.2 Å². The Balaban J connectivity index is 1.43. The molecule has 0 aliphatic carbocycles. The first kappa shape index (κ1) is 19.8. The normalized spacial score (nSPS) is 25.8. The van der Waals surface area contributed by atoms with Gasteiger partial charge in [0.2, 0.25) is 5.95 Å². The molecule has 156 valence electrons. The minimum Gasteiger partial charge on any atom is -0.391 e. The largest absolute Gasteiger partial charge is 0.391 e. The van der Waals surface area contributed by atoms with Gasteiger partial charge in [-0.2, -0.15) is 22.0 Å². The van der Waals surface area contributed by atoms with E-state index in [9.17, 15) is 13.5 Å². The first-order valence-corrected chi connectivity index (χ1v) is 11.7. The Morgan fingerprint density at radius 2 is 1.64 bits per heavy atom. The van der Waals surface area contributed by atoms with E-state index in [2.05, 4.69) is 19.8 Å². The van der Waals surface area contributed by atoms with E-state index in [4.69, 9.17) is 0 Å². The second-order valence-electron chi connectivity index (χ2n) is 7.81. The van der Waals surface area contributed by atoms with E-state index < -0.39 is 10.2 Å². The Morgan fingerprint density at radius 3 is 2.39 bits per heavy atom. The van der Waals surface area contributed by atoms with Gasteiger partial charge in [0.1, 0.15) is 5.82 Å². The van der Waals surface area contributed by atoms with Crippen molar-refractivity contribution < 1.29 is 13.5 Å². The number of aliphatic hydroxyl groups excluding tert-OH is 1. The number of β-amino-alcohol motifs (C(OH)–C–C–N with tert-alkyl or cyclic N) is 1. The average Bonchev–Trinajstić information content (AvgIpc) is 3.00. The number of hydrogen-bond acceptors (Lipinski definition) is 7. The molecule has 1 N–H and O–H groups in total. The van der Waals surface area contributed by atoms with Crippen molar-refractivity contribution >= 4 is 22.0 Å². The third-order valence-corrected chi connectivity index (χ3v) is 7.86. The van der Waals surface area contributed by atoms with Gasteiger partial charge in [0, 0.05) is 58.6 Å². The number of rotatable bonds is 4. The van der Waals surface area contributed by atoms with Crippen LogP contribution in [-0.4, -0.2) is 90.6 Å². The molecule has 3 aliphatic rings. The number of aromatic nitrogens is 2. The lowest BCUT2D eigenvalue weighted by Gasteiger charge is -2.31. The van der Waals surface area contributed by atoms with Crippen LogP contribution in [0.25, 0.3) is 0 Å². The number of aliphatic hydroxyl groups is 1. The summed E-state index contributed by atoms with van der Waals surface area (Å²) in [5, 5.41) is 9.77. The summed E-state index contributed by atoms with van der Waals surface area (Å²) < 4.78 is 29.2. The second-order valence-corrected chi connectivity index (χ2v) is 9.74. The standard InChI is InChI=1S/C18H30N6O3S/c25-16-6-12-22(15-16)17-5-7-19-18(20-17)21-8-4-11-24(14-13-21)28(26,27)23-9-2-1-3-10-23/h5,7,16,25H,1-4,6,8-15H2. The van der Waals surface area contributed by atoms with Crippen LogP contribution >= 0.6 is 0 Å². The summed E-state index contributed by atoms with van der Waals surface area (Å²) >= 11 is 0. The zero-order valence-corrected chi connectivity index (χ0v) is 17.1. The molecule has 4 rings (SSSR count). The fraction of sp³-hybridized carbons (Fsp3) is 0.778. The molecule has 0 aromatic carbocycles. The van der Waals surface area contributed by atoms with Gasteiger partial charge in [-0.05, 0) is 31.7 Å². The highest BCUT2D eigenvalue weighted by atomic mass is 32.2. The van der Waals surface area contributed by atoms with Crippen LogP contribution in [0, 0.1) is 0 Å². The Morgan fingerprint density at radius 1 is 0.893 bits per heavy atom. The lowest BCUT2D eigenvalue weighted by molar-refractivity contribution is 0.198. The van der Waals surface area contributed by atoms with Crippen LogP contribution in [0.4, 0.5) is 11.8 Å². The number of piperidine rings is 1. The summed E-state index contributed by atoms with van der Waals surface area (Å²) in [5.74, 6) is 1.46. The van der Waals surface area contributed by atoms with Crippen LogP contribution in [-0.2, 0) is 10.2 Å². The van der Waals surface area contributed by atoms with Crippen molar-refractivity contribution in [3.63, 3.8) is 0 Å². The number of nitrogens with zero attached hydrogens (tertiary/aromatic N) is 6. The molecule has 1 aromatic heterocycles. The van der Waals surface area contributed by atoms with Crippen LogP contribution < -0.4 is 9.80 Å². The van der Waals surface area contributed by atoms with Crippen LogP contribution in [0.15, 0.2) is 12.3 Å².